The zero-order valence-electron chi connectivity index (χ0n) is 9.37. The van der Waals surface area contributed by atoms with Gasteiger partial charge < -0.3 is 19.6 Å². The molecule has 1 rings (SSSR count). The molecule has 4 nitrogen and oxygen atoms in total. The molecule has 15 heavy (non-hydrogen) atoms. The molecule has 3 N–H and O–H groups in total. The molecule has 0 amide bonds. The molecular weight excluding hydrogens is 210 g/mol. The average Bonchev–Trinajstić information content (AvgIpc) is 2.44. The fourth-order valence-corrected chi connectivity index (χ4v) is 1.72. The number of hydrogen-bond donors (Lipinski definition) is 3. The molecule has 0 fully saturated rings. The van der Waals surface area contributed by atoms with Gasteiger partial charge in [0.05, 0.1) is 21.1 Å². The van der Waals surface area contributed by atoms with Crippen LogP contribution in [0.25, 0.3) is 0 Å². The second-order valence-corrected chi connectivity index (χ2v) is 5.00. The van der Waals surface area contributed by atoms with Crippen LogP contribution in [0.2, 0.25) is 0 Å². The zero-order valence-corrected chi connectivity index (χ0v) is 10.2. The van der Waals surface area contributed by atoms with Crippen LogP contribution in [-0.2, 0) is 6.42 Å². The van der Waals surface area contributed by atoms with Crippen LogP contribution in [0, 0.1) is 4.77 Å². The molecule has 1 aromatic rings. The number of imidazole rings is 1. The van der Waals surface area contributed by atoms with Gasteiger partial charge >= 0.3 is 0 Å². The second-order valence-electron chi connectivity index (χ2n) is 4.60. The van der Waals surface area contributed by atoms with Crippen molar-refractivity contribution in [3.05, 3.63) is 29.0 Å². The van der Waals surface area contributed by atoms with E-state index in [-0.39, 0.29) is 11.8 Å². The van der Waals surface area contributed by atoms with E-state index in [0.717, 1.165) is 5.69 Å². The summed E-state index contributed by atoms with van der Waals surface area (Å²) in [7, 11) is 6.06. The van der Waals surface area contributed by atoms with E-state index in [1.807, 2.05) is 27.3 Å². The molecule has 0 bridgehead atoms. The predicted octanol–water partition coefficient (Wildman–Crippen LogP) is 1.76. The SMILES string of the molecule is C=C(O)C(Cc1c[nH]c(=S)[nH]1)[N+](C)(C)C. The molecule has 0 aliphatic carbocycles. The standard InChI is InChI=1S/C10H17N3OS/c1-7(14)9(13(2,3)4)5-8-6-11-10(15)12-8/h6,9H,1,5H2,2-4H3,(H2-,11,12,14,15)/p+1. The minimum absolute atomic E-state index is 0.0357. The number of quaternary nitrogens is 1. The number of aliphatic hydroxyl groups excluding tert-OH is 1. The third kappa shape index (κ3) is 3.21. The summed E-state index contributed by atoms with van der Waals surface area (Å²) in [6.07, 6.45) is 2.51. The Labute approximate surface area is 94.8 Å². The van der Waals surface area contributed by atoms with Crippen molar-refractivity contribution in [2.75, 3.05) is 21.1 Å². The topological polar surface area (TPSA) is 51.8 Å². The molecule has 1 atom stereocenters. The third-order valence-corrected chi connectivity index (χ3v) is 2.60. The molecule has 0 aliphatic rings. The van der Waals surface area contributed by atoms with E-state index in [0.29, 0.717) is 15.7 Å². The molecular formula is C10H18N3OS+. The van der Waals surface area contributed by atoms with E-state index in [4.69, 9.17) is 12.2 Å². The summed E-state index contributed by atoms with van der Waals surface area (Å²) in [6, 6.07) is -0.0357. The van der Waals surface area contributed by atoms with Crippen LogP contribution in [-0.4, -0.2) is 46.7 Å². The van der Waals surface area contributed by atoms with Gasteiger partial charge in [0.25, 0.3) is 0 Å². The summed E-state index contributed by atoms with van der Waals surface area (Å²) in [5, 5.41) is 9.56. The number of aliphatic hydroxyl groups is 1. The number of nitrogens with one attached hydrogen (secondary N) is 2. The van der Waals surface area contributed by atoms with Crippen molar-refractivity contribution >= 4 is 12.2 Å². The Bertz CT molecular complexity index is 399. The van der Waals surface area contributed by atoms with E-state index in [9.17, 15) is 5.11 Å². The Morgan fingerprint density at radius 1 is 1.60 bits per heavy atom. The highest BCUT2D eigenvalue weighted by atomic mass is 32.1. The fourth-order valence-electron chi connectivity index (χ4n) is 1.53. The minimum Gasteiger partial charge on any atom is -0.507 e. The zero-order chi connectivity index (χ0) is 11.6. The summed E-state index contributed by atoms with van der Waals surface area (Å²) < 4.78 is 1.23. The number of aromatic amines is 2. The minimum atomic E-state index is -0.0357. The number of aromatic nitrogens is 2. The molecule has 0 saturated carbocycles. The molecule has 5 heteroatoms. The first-order chi connectivity index (χ1) is 6.80. The lowest BCUT2D eigenvalue weighted by Crippen LogP contribution is -2.47. The average molecular weight is 228 g/mol. The molecule has 0 spiro atoms. The normalized spacial score (nSPS) is 13.8. The lowest BCUT2D eigenvalue weighted by molar-refractivity contribution is -0.891. The van der Waals surface area contributed by atoms with Crippen LogP contribution in [0.5, 0.6) is 0 Å². The monoisotopic (exact) mass is 228 g/mol. The highest BCUT2D eigenvalue weighted by Gasteiger charge is 2.27. The molecule has 0 aliphatic heterocycles. The van der Waals surface area contributed by atoms with E-state index in [1.54, 1.807) is 0 Å². The van der Waals surface area contributed by atoms with E-state index < -0.39 is 0 Å². The summed E-state index contributed by atoms with van der Waals surface area (Å²) >= 11 is 4.94. The van der Waals surface area contributed by atoms with Crippen molar-refractivity contribution in [3.8, 4) is 0 Å². The highest BCUT2D eigenvalue weighted by Crippen LogP contribution is 2.14. The largest absolute Gasteiger partial charge is 0.507 e. The Kier molecular flexibility index (Phi) is 3.36. The van der Waals surface area contributed by atoms with Crippen LogP contribution >= 0.6 is 12.2 Å². The number of nitrogens with zero attached hydrogens (tertiary/aromatic N) is 1. The van der Waals surface area contributed by atoms with Crippen molar-refractivity contribution in [2.45, 2.75) is 12.5 Å². The third-order valence-electron chi connectivity index (χ3n) is 2.38. The quantitative estimate of drug-likeness (QED) is 0.418. The van der Waals surface area contributed by atoms with Crippen molar-refractivity contribution in [1.82, 2.24) is 9.97 Å². The van der Waals surface area contributed by atoms with Gasteiger partial charge in [0.1, 0.15) is 5.76 Å². The number of hydrogen-bond acceptors (Lipinski definition) is 2. The van der Waals surface area contributed by atoms with Gasteiger partial charge in [-0.05, 0) is 12.2 Å². The summed E-state index contributed by atoms with van der Waals surface area (Å²) in [5.74, 6) is 0.197. The van der Waals surface area contributed by atoms with Crippen LogP contribution in [0.15, 0.2) is 18.5 Å². The summed E-state index contributed by atoms with van der Waals surface area (Å²) in [6.45, 7) is 3.61. The molecule has 0 aromatic carbocycles. The van der Waals surface area contributed by atoms with Crippen LogP contribution in [0.4, 0.5) is 0 Å². The van der Waals surface area contributed by atoms with Crippen LogP contribution in [0.1, 0.15) is 5.69 Å². The maximum atomic E-state index is 9.56. The predicted molar refractivity (Wildman–Crippen MR) is 63.3 cm³/mol. The number of rotatable bonds is 4. The Balaban J connectivity index is 2.85. The maximum absolute atomic E-state index is 9.56. The van der Waals surface area contributed by atoms with Gasteiger partial charge in [0.2, 0.25) is 0 Å². The van der Waals surface area contributed by atoms with E-state index in [1.165, 1.54) is 0 Å². The first-order valence-corrected chi connectivity index (χ1v) is 5.17. The van der Waals surface area contributed by atoms with Gasteiger partial charge in [0.15, 0.2) is 10.8 Å². The van der Waals surface area contributed by atoms with Gasteiger partial charge in [-0.3, -0.25) is 0 Å². The van der Waals surface area contributed by atoms with E-state index >= 15 is 0 Å². The lowest BCUT2D eigenvalue weighted by atomic mass is 10.1. The molecule has 1 heterocycles. The Hall–Kier alpha value is -1.07. The molecule has 84 valence electrons. The lowest BCUT2D eigenvalue weighted by Gasteiger charge is -2.33. The van der Waals surface area contributed by atoms with Gasteiger partial charge in [0, 0.05) is 18.3 Å². The first-order valence-electron chi connectivity index (χ1n) is 4.76. The molecule has 0 saturated heterocycles. The van der Waals surface area contributed by atoms with Crippen molar-refractivity contribution < 1.29 is 9.59 Å². The molecule has 1 unspecified atom stereocenters. The molecule has 0 radical (unpaired) electrons. The fraction of sp³-hybridized carbons (Fsp3) is 0.500. The van der Waals surface area contributed by atoms with Crippen molar-refractivity contribution in [1.29, 1.82) is 0 Å². The summed E-state index contributed by atoms with van der Waals surface area (Å²) in [4.78, 5) is 5.94. The van der Waals surface area contributed by atoms with Crippen molar-refractivity contribution in [3.63, 3.8) is 0 Å². The summed E-state index contributed by atoms with van der Waals surface area (Å²) in [5.41, 5.74) is 0.980. The van der Waals surface area contributed by atoms with Crippen LogP contribution in [0.3, 0.4) is 0 Å². The van der Waals surface area contributed by atoms with Gasteiger partial charge in [-0.2, -0.15) is 0 Å². The second kappa shape index (κ2) is 4.20. The van der Waals surface area contributed by atoms with E-state index in [2.05, 4.69) is 16.5 Å². The van der Waals surface area contributed by atoms with Gasteiger partial charge in [-0.25, -0.2) is 0 Å². The van der Waals surface area contributed by atoms with Crippen molar-refractivity contribution in [2.24, 2.45) is 0 Å². The number of H-pyrrole nitrogens is 2. The smallest absolute Gasteiger partial charge is 0.174 e. The number of likely N-dealkylation sites (N-methyl/N-ethyl adjacent to an activating group) is 1. The molecule has 1 aromatic heterocycles. The first kappa shape index (κ1) is 12.0. The Morgan fingerprint density at radius 3 is 2.53 bits per heavy atom. The Morgan fingerprint density at radius 2 is 2.20 bits per heavy atom. The van der Waals surface area contributed by atoms with Crippen LogP contribution < -0.4 is 0 Å². The highest BCUT2D eigenvalue weighted by molar-refractivity contribution is 7.71. The van der Waals surface area contributed by atoms with Gasteiger partial charge in [-0.15, -0.1) is 0 Å². The van der Waals surface area contributed by atoms with Gasteiger partial charge in [-0.1, -0.05) is 6.58 Å². The maximum Gasteiger partial charge on any atom is 0.174 e.